The zero-order chi connectivity index (χ0) is 24.3. The summed E-state index contributed by atoms with van der Waals surface area (Å²) in [6.07, 6.45) is 2.43. The van der Waals surface area contributed by atoms with Crippen molar-refractivity contribution in [3.05, 3.63) is 81.3 Å². The number of hydrogen-bond acceptors (Lipinski definition) is 4. The predicted molar refractivity (Wildman–Crippen MR) is 130 cm³/mol. The normalized spacial score (nSPS) is 11.7. The second-order valence-corrected chi connectivity index (χ2v) is 10.1. The summed E-state index contributed by atoms with van der Waals surface area (Å²) in [5, 5.41) is 4.96. The highest BCUT2D eigenvalue weighted by atomic mass is 35.5. The van der Waals surface area contributed by atoms with Gasteiger partial charge in [-0.15, -0.1) is 0 Å². The lowest BCUT2D eigenvalue weighted by Gasteiger charge is -2.21. The predicted octanol–water partition coefficient (Wildman–Crippen LogP) is 4.46. The topological polar surface area (TPSA) is 83.8 Å². The van der Waals surface area contributed by atoms with Crippen LogP contribution < -0.4 is 9.73 Å². The molecule has 0 bridgehead atoms. The summed E-state index contributed by atoms with van der Waals surface area (Å²) in [6.45, 7) is 3.27. The number of aromatic nitrogens is 1. The van der Waals surface area contributed by atoms with Crippen molar-refractivity contribution in [3.8, 4) is 5.69 Å². The van der Waals surface area contributed by atoms with Gasteiger partial charge in [-0.1, -0.05) is 23.2 Å². The third kappa shape index (κ3) is 6.13. The zero-order valence-electron chi connectivity index (χ0n) is 18.0. The van der Waals surface area contributed by atoms with Gasteiger partial charge < -0.3 is 4.57 Å². The summed E-state index contributed by atoms with van der Waals surface area (Å²) < 4.78 is 40.2. The van der Waals surface area contributed by atoms with Crippen LogP contribution >= 0.6 is 23.2 Å². The standard InChI is InChI=1S/C22H21Cl2FN4O3S/c1-14-8-16(15(2)29(14)21-10-17(23)9-18(24)11-21)12-26-27-22(30)13-28(33(3,31)32)20-6-4-19(25)5-7-20/h4-12H,13H2,1-3H3,(H,27,30)/b26-12-. The number of carbonyl (C=O) groups excluding carboxylic acids is 1. The van der Waals surface area contributed by atoms with E-state index in [0.29, 0.717) is 10.0 Å². The van der Waals surface area contributed by atoms with E-state index in [-0.39, 0.29) is 5.69 Å². The van der Waals surface area contributed by atoms with Crippen molar-refractivity contribution < 1.29 is 17.6 Å². The molecule has 33 heavy (non-hydrogen) atoms. The molecule has 0 aliphatic heterocycles. The molecule has 2 aromatic carbocycles. The number of hydrazone groups is 1. The number of nitrogens with one attached hydrogen (secondary N) is 1. The van der Waals surface area contributed by atoms with Gasteiger partial charge in [0.15, 0.2) is 0 Å². The smallest absolute Gasteiger partial charge is 0.260 e. The van der Waals surface area contributed by atoms with Gasteiger partial charge in [0.1, 0.15) is 12.4 Å². The van der Waals surface area contributed by atoms with E-state index in [1.54, 1.807) is 18.2 Å². The number of benzene rings is 2. The average molecular weight is 511 g/mol. The van der Waals surface area contributed by atoms with Gasteiger partial charge in [0, 0.05) is 32.7 Å². The van der Waals surface area contributed by atoms with Crippen molar-refractivity contribution >= 4 is 51.0 Å². The van der Waals surface area contributed by atoms with E-state index in [2.05, 4.69) is 10.5 Å². The number of rotatable bonds is 7. The first-order chi connectivity index (χ1) is 15.5. The summed E-state index contributed by atoms with van der Waals surface area (Å²) >= 11 is 12.2. The van der Waals surface area contributed by atoms with Gasteiger partial charge in [-0.2, -0.15) is 5.10 Å². The Morgan fingerprint density at radius 2 is 1.73 bits per heavy atom. The first-order valence-electron chi connectivity index (χ1n) is 9.66. The molecule has 7 nitrogen and oxygen atoms in total. The van der Waals surface area contributed by atoms with Gasteiger partial charge in [-0.05, 0) is 62.4 Å². The van der Waals surface area contributed by atoms with Crippen molar-refractivity contribution in [1.29, 1.82) is 0 Å². The molecular formula is C22H21Cl2FN4O3S. The van der Waals surface area contributed by atoms with E-state index in [1.807, 2.05) is 24.5 Å². The van der Waals surface area contributed by atoms with E-state index >= 15 is 0 Å². The SMILES string of the molecule is Cc1cc(/C=N\NC(=O)CN(c2ccc(F)cc2)S(C)(=O)=O)c(C)n1-c1cc(Cl)cc(Cl)c1. The van der Waals surface area contributed by atoms with Crippen LogP contribution in [0.15, 0.2) is 53.6 Å². The second kappa shape index (κ2) is 9.94. The molecule has 0 aliphatic carbocycles. The van der Waals surface area contributed by atoms with Crippen molar-refractivity contribution in [2.24, 2.45) is 5.10 Å². The van der Waals surface area contributed by atoms with Crippen molar-refractivity contribution in [1.82, 2.24) is 9.99 Å². The number of aryl methyl sites for hydroxylation is 1. The number of amides is 1. The van der Waals surface area contributed by atoms with Crippen LogP contribution in [0.1, 0.15) is 17.0 Å². The minimum absolute atomic E-state index is 0.168. The largest absolute Gasteiger partial charge is 0.318 e. The Morgan fingerprint density at radius 3 is 2.30 bits per heavy atom. The number of nitrogens with zero attached hydrogens (tertiary/aromatic N) is 3. The molecular weight excluding hydrogens is 490 g/mol. The average Bonchev–Trinajstić information content (AvgIpc) is 2.98. The maximum Gasteiger partial charge on any atom is 0.260 e. The van der Waals surface area contributed by atoms with Gasteiger partial charge in [0.25, 0.3) is 5.91 Å². The number of sulfonamides is 1. The quantitative estimate of drug-likeness (QED) is 0.376. The first-order valence-corrected chi connectivity index (χ1v) is 12.3. The fourth-order valence-corrected chi connectivity index (χ4v) is 4.70. The molecule has 1 aromatic heterocycles. The Morgan fingerprint density at radius 1 is 1.12 bits per heavy atom. The van der Waals surface area contributed by atoms with Crippen LogP contribution in [0.25, 0.3) is 5.69 Å². The van der Waals surface area contributed by atoms with Gasteiger partial charge >= 0.3 is 0 Å². The summed E-state index contributed by atoms with van der Waals surface area (Å²) in [6, 6.07) is 11.9. The molecule has 0 aliphatic rings. The van der Waals surface area contributed by atoms with Crippen LogP contribution in [0.2, 0.25) is 10.0 Å². The maximum atomic E-state index is 13.2. The lowest BCUT2D eigenvalue weighted by molar-refractivity contribution is -0.119. The molecule has 0 atom stereocenters. The molecule has 1 heterocycles. The molecule has 0 saturated carbocycles. The van der Waals surface area contributed by atoms with Crippen LogP contribution in [0, 0.1) is 19.7 Å². The lowest BCUT2D eigenvalue weighted by atomic mass is 10.2. The number of carbonyl (C=O) groups is 1. The minimum atomic E-state index is -3.78. The van der Waals surface area contributed by atoms with Crippen molar-refractivity contribution in [2.75, 3.05) is 17.1 Å². The Bertz CT molecular complexity index is 1300. The molecule has 0 fully saturated rings. The van der Waals surface area contributed by atoms with E-state index < -0.39 is 28.3 Å². The number of hydrogen-bond donors (Lipinski definition) is 1. The Balaban J connectivity index is 1.75. The molecule has 0 saturated heterocycles. The molecule has 1 amide bonds. The molecule has 0 radical (unpaired) electrons. The Hall–Kier alpha value is -2.88. The van der Waals surface area contributed by atoms with Crippen LogP contribution in [-0.4, -0.2) is 37.9 Å². The number of halogens is 3. The highest BCUT2D eigenvalue weighted by Gasteiger charge is 2.20. The summed E-state index contributed by atoms with van der Waals surface area (Å²) in [5.41, 5.74) is 5.76. The molecule has 0 spiro atoms. The molecule has 0 unspecified atom stereocenters. The van der Waals surface area contributed by atoms with Crippen LogP contribution in [0.4, 0.5) is 10.1 Å². The summed E-state index contributed by atoms with van der Waals surface area (Å²) in [5.74, 6) is -1.17. The van der Waals surface area contributed by atoms with E-state index in [0.717, 1.165) is 45.3 Å². The third-order valence-corrected chi connectivity index (χ3v) is 6.35. The summed E-state index contributed by atoms with van der Waals surface area (Å²) in [7, 11) is -3.78. The van der Waals surface area contributed by atoms with Gasteiger partial charge in [0.05, 0.1) is 18.2 Å². The Kier molecular flexibility index (Phi) is 7.46. The molecule has 1 N–H and O–H groups in total. The molecule has 3 rings (SSSR count). The summed E-state index contributed by atoms with van der Waals surface area (Å²) in [4.78, 5) is 12.3. The Labute approximate surface area is 201 Å². The van der Waals surface area contributed by atoms with Gasteiger partial charge in [-0.3, -0.25) is 9.10 Å². The zero-order valence-corrected chi connectivity index (χ0v) is 20.3. The maximum absolute atomic E-state index is 13.2. The van der Waals surface area contributed by atoms with Gasteiger partial charge in [-0.25, -0.2) is 18.2 Å². The van der Waals surface area contributed by atoms with E-state index in [1.165, 1.54) is 18.3 Å². The highest BCUT2D eigenvalue weighted by Crippen LogP contribution is 2.26. The highest BCUT2D eigenvalue weighted by molar-refractivity contribution is 7.92. The monoisotopic (exact) mass is 510 g/mol. The molecule has 174 valence electrons. The van der Waals surface area contributed by atoms with E-state index in [9.17, 15) is 17.6 Å². The second-order valence-electron chi connectivity index (χ2n) is 7.33. The molecule has 3 aromatic rings. The molecule has 11 heteroatoms. The third-order valence-electron chi connectivity index (χ3n) is 4.77. The lowest BCUT2D eigenvalue weighted by Crippen LogP contribution is -2.39. The first kappa shape index (κ1) is 24.8. The fraction of sp³-hybridized carbons (Fsp3) is 0.182. The van der Waals surface area contributed by atoms with Crippen LogP contribution in [0.5, 0.6) is 0 Å². The van der Waals surface area contributed by atoms with Crippen molar-refractivity contribution in [3.63, 3.8) is 0 Å². The van der Waals surface area contributed by atoms with Crippen molar-refractivity contribution in [2.45, 2.75) is 13.8 Å². The van der Waals surface area contributed by atoms with Crippen LogP contribution in [0.3, 0.4) is 0 Å². The van der Waals surface area contributed by atoms with Gasteiger partial charge in [0.2, 0.25) is 10.0 Å². The van der Waals surface area contributed by atoms with E-state index in [4.69, 9.17) is 23.2 Å². The number of anilines is 1. The minimum Gasteiger partial charge on any atom is -0.318 e. The van der Waals surface area contributed by atoms with Crippen LogP contribution in [-0.2, 0) is 14.8 Å². The fourth-order valence-electron chi connectivity index (χ4n) is 3.33.